The Balaban J connectivity index is 2.21. The van der Waals surface area contributed by atoms with Crippen molar-refractivity contribution in [2.45, 2.75) is 25.9 Å². The van der Waals surface area contributed by atoms with E-state index in [0.717, 1.165) is 23.8 Å². The van der Waals surface area contributed by atoms with Crippen molar-refractivity contribution in [3.05, 3.63) is 35.4 Å². The van der Waals surface area contributed by atoms with E-state index in [1.165, 1.54) is 0 Å². The van der Waals surface area contributed by atoms with Crippen LogP contribution in [0, 0.1) is 12.8 Å². The zero-order chi connectivity index (χ0) is 14.8. The molecule has 6 heteroatoms. The van der Waals surface area contributed by atoms with Crippen LogP contribution in [-0.4, -0.2) is 27.2 Å². The van der Waals surface area contributed by atoms with Gasteiger partial charge in [0.05, 0.1) is 18.3 Å². The summed E-state index contributed by atoms with van der Waals surface area (Å²) in [6, 6.07) is 7.76. The molecule has 1 N–H and O–H groups in total. The maximum absolute atomic E-state index is 12.1. The molecule has 110 valence electrons. The molecule has 1 aliphatic heterocycles. The zero-order valence-corrected chi connectivity index (χ0v) is 12.4. The Hall–Kier alpha value is -1.40. The van der Waals surface area contributed by atoms with Crippen LogP contribution in [0.4, 0.5) is 0 Å². The quantitative estimate of drug-likeness (QED) is 0.918. The maximum Gasteiger partial charge on any atom is 0.239 e. The molecule has 0 radical (unpaired) electrons. The molecule has 20 heavy (non-hydrogen) atoms. The Morgan fingerprint density at radius 1 is 1.30 bits per heavy atom. The number of nitrogens with one attached hydrogen (secondary N) is 1. The highest BCUT2D eigenvalue weighted by Gasteiger charge is 2.34. The van der Waals surface area contributed by atoms with E-state index in [9.17, 15) is 13.2 Å². The molecular formula is C14H19NO4S. The first-order chi connectivity index (χ1) is 9.37. The van der Waals surface area contributed by atoms with E-state index in [4.69, 9.17) is 4.74 Å². The molecule has 1 saturated heterocycles. The van der Waals surface area contributed by atoms with E-state index in [1.807, 2.05) is 31.2 Å². The van der Waals surface area contributed by atoms with Crippen molar-refractivity contribution in [1.29, 1.82) is 0 Å². The number of benzene rings is 1. The summed E-state index contributed by atoms with van der Waals surface area (Å²) >= 11 is 0. The standard InChI is InChI=1S/C14H19NO4S/c1-10-5-7-11(8-6-10)13-12(4-3-9-19-13)14(16)15-20(2,17)18/h5-8,12-13H,3-4,9H2,1-2H3,(H,15,16). The SMILES string of the molecule is Cc1ccc(C2OCCCC2C(=O)NS(C)(=O)=O)cc1. The molecule has 1 heterocycles. The van der Waals surface area contributed by atoms with Crippen molar-refractivity contribution in [2.75, 3.05) is 12.9 Å². The van der Waals surface area contributed by atoms with Crippen molar-refractivity contribution >= 4 is 15.9 Å². The highest BCUT2D eigenvalue weighted by Crippen LogP contribution is 2.34. The molecule has 0 spiro atoms. The Labute approximate surface area is 119 Å². The molecular weight excluding hydrogens is 278 g/mol. The van der Waals surface area contributed by atoms with E-state index in [2.05, 4.69) is 4.72 Å². The number of sulfonamides is 1. The lowest BCUT2D eigenvalue weighted by atomic mass is 9.89. The fourth-order valence-corrected chi connectivity index (χ4v) is 2.91. The minimum Gasteiger partial charge on any atom is -0.373 e. The van der Waals surface area contributed by atoms with Gasteiger partial charge in [0.25, 0.3) is 0 Å². The van der Waals surface area contributed by atoms with Crippen molar-refractivity contribution in [3.8, 4) is 0 Å². The summed E-state index contributed by atoms with van der Waals surface area (Å²) in [5.74, 6) is -0.959. The average Bonchev–Trinajstić information content (AvgIpc) is 2.38. The van der Waals surface area contributed by atoms with E-state index in [0.29, 0.717) is 13.0 Å². The van der Waals surface area contributed by atoms with Gasteiger partial charge >= 0.3 is 0 Å². The molecule has 0 bridgehead atoms. The summed E-state index contributed by atoms with van der Waals surface area (Å²) in [6.07, 6.45) is 1.98. The van der Waals surface area contributed by atoms with Crippen LogP contribution in [0.15, 0.2) is 24.3 Å². The van der Waals surface area contributed by atoms with Crippen LogP contribution in [0.3, 0.4) is 0 Å². The second-order valence-corrected chi connectivity index (χ2v) is 6.94. The van der Waals surface area contributed by atoms with Gasteiger partial charge in [0.15, 0.2) is 0 Å². The molecule has 0 aliphatic carbocycles. The van der Waals surface area contributed by atoms with E-state index in [1.54, 1.807) is 0 Å². The summed E-state index contributed by atoms with van der Waals surface area (Å²) in [7, 11) is -3.54. The largest absolute Gasteiger partial charge is 0.373 e. The first kappa shape index (κ1) is 15.0. The number of hydrogen-bond acceptors (Lipinski definition) is 4. The number of hydrogen-bond donors (Lipinski definition) is 1. The maximum atomic E-state index is 12.1. The number of ether oxygens (including phenoxy) is 1. The molecule has 0 saturated carbocycles. The van der Waals surface area contributed by atoms with Gasteiger partial charge in [0.1, 0.15) is 0 Å². The molecule has 1 aromatic carbocycles. The lowest BCUT2D eigenvalue weighted by Gasteiger charge is -2.31. The molecule has 5 nitrogen and oxygen atoms in total. The molecule has 2 rings (SSSR count). The predicted octanol–water partition coefficient (Wildman–Crippen LogP) is 1.54. The molecule has 1 aliphatic rings. The topological polar surface area (TPSA) is 72.5 Å². The fourth-order valence-electron chi connectivity index (χ4n) is 2.39. The minimum atomic E-state index is -3.54. The monoisotopic (exact) mass is 297 g/mol. The van der Waals surface area contributed by atoms with Gasteiger partial charge < -0.3 is 4.74 Å². The van der Waals surface area contributed by atoms with Crippen LogP contribution in [0.5, 0.6) is 0 Å². The average molecular weight is 297 g/mol. The normalized spacial score (nSPS) is 23.3. The number of carbonyl (C=O) groups excluding carboxylic acids is 1. The van der Waals surface area contributed by atoms with Crippen molar-refractivity contribution < 1.29 is 17.9 Å². The van der Waals surface area contributed by atoms with Gasteiger partial charge in [0, 0.05) is 6.61 Å². The Morgan fingerprint density at radius 3 is 2.55 bits per heavy atom. The van der Waals surface area contributed by atoms with Crippen LogP contribution in [0.1, 0.15) is 30.1 Å². The van der Waals surface area contributed by atoms with Crippen molar-refractivity contribution in [1.82, 2.24) is 4.72 Å². The highest BCUT2D eigenvalue weighted by molar-refractivity contribution is 7.89. The number of carbonyl (C=O) groups is 1. The third-order valence-electron chi connectivity index (χ3n) is 3.35. The van der Waals surface area contributed by atoms with E-state index >= 15 is 0 Å². The molecule has 1 fully saturated rings. The van der Waals surface area contributed by atoms with Gasteiger partial charge in [-0.3, -0.25) is 9.52 Å². The first-order valence-electron chi connectivity index (χ1n) is 6.56. The van der Waals surface area contributed by atoms with Crippen LogP contribution in [-0.2, 0) is 19.6 Å². The highest BCUT2D eigenvalue weighted by atomic mass is 32.2. The number of amides is 1. The first-order valence-corrected chi connectivity index (χ1v) is 8.46. The second-order valence-electron chi connectivity index (χ2n) is 5.19. The summed E-state index contributed by atoms with van der Waals surface area (Å²) < 4.78 is 30.1. The van der Waals surface area contributed by atoms with E-state index < -0.39 is 21.8 Å². The van der Waals surface area contributed by atoms with Crippen LogP contribution in [0.2, 0.25) is 0 Å². The third-order valence-corrected chi connectivity index (χ3v) is 3.92. The molecule has 2 unspecified atom stereocenters. The smallest absolute Gasteiger partial charge is 0.239 e. The second kappa shape index (κ2) is 5.93. The molecule has 1 aromatic rings. The summed E-state index contributed by atoms with van der Waals surface area (Å²) in [5.41, 5.74) is 2.03. The third kappa shape index (κ3) is 3.80. The predicted molar refractivity (Wildman–Crippen MR) is 75.6 cm³/mol. The van der Waals surface area contributed by atoms with Crippen LogP contribution >= 0.6 is 0 Å². The van der Waals surface area contributed by atoms with Gasteiger partial charge in [-0.05, 0) is 25.3 Å². The Kier molecular flexibility index (Phi) is 4.45. The van der Waals surface area contributed by atoms with Gasteiger partial charge in [-0.25, -0.2) is 8.42 Å². The number of rotatable bonds is 3. The number of aryl methyl sites for hydroxylation is 1. The molecule has 0 aromatic heterocycles. The van der Waals surface area contributed by atoms with Gasteiger partial charge in [-0.1, -0.05) is 29.8 Å². The van der Waals surface area contributed by atoms with Gasteiger partial charge in [0.2, 0.25) is 15.9 Å². The Bertz CT molecular complexity index is 580. The van der Waals surface area contributed by atoms with Crippen LogP contribution < -0.4 is 4.72 Å². The summed E-state index contributed by atoms with van der Waals surface area (Å²) in [5, 5.41) is 0. The zero-order valence-electron chi connectivity index (χ0n) is 11.6. The summed E-state index contributed by atoms with van der Waals surface area (Å²) in [4.78, 5) is 12.1. The lowest BCUT2D eigenvalue weighted by Crippen LogP contribution is -2.40. The Morgan fingerprint density at radius 2 is 1.95 bits per heavy atom. The lowest BCUT2D eigenvalue weighted by molar-refractivity contribution is -0.132. The van der Waals surface area contributed by atoms with Crippen molar-refractivity contribution in [2.24, 2.45) is 5.92 Å². The van der Waals surface area contributed by atoms with Gasteiger partial charge in [-0.15, -0.1) is 0 Å². The van der Waals surface area contributed by atoms with Gasteiger partial charge in [-0.2, -0.15) is 0 Å². The van der Waals surface area contributed by atoms with E-state index in [-0.39, 0.29) is 6.10 Å². The van der Waals surface area contributed by atoms with Crippen LogP contribution in [0.25, 0.3) is 0 Å². The fraction of sp³-hybridized carbons (Fsp3) is 0.500. The summed E-state index contributed by atoms with van der Waals surface area (Å²) in [6.45, 7) is 2.57. The molecule has 1 amide bonds. The minimum absolute atomic E-state index is 0.383. The molecule has 2 atom stereocenters. The van der Waals surface area contributed by atoms with Crippen molar-refractivity contribution in [3.63, 3.8) is 0 Å².